The average Bonchev–Trinajstić information content (AvgIpc) is 3.21. The molecule has 0 radical (unpaired) electrons. The molecule has 0 aliphatic heterocycles. The maximum Gasteiger partial charge on any atom is 0.277 e. The topological polar surface area (TPSA) is 63.8 Å². The second-order valence-electron chi connectivity index (χ2n) is 10.0. The van der Waals surface area contributed by atoms with Gasteiger partial charge in [-0.05, 0) is 59.2 Å². The van der Waals surface area contributed by atoms with Crippen LogP contribution in [0.2, 0.25) is 10.0 Å². The van der Waals surface area contributed by atoms with Crippen molar-refractivity contribution in [2.45, 2.75) is 46.5 Å². The lowest BCUT2D eigenvalue weighted by atomic mass is 9.72. The zero-order valence-corrected chi connectivity index (χ0v) is 21.6. The van der Waals surface area contributed by atoms with Crippen LogP contribution in [0.25, 0.3) is 11.3 Å². The number of nitrogens with zero attached hydrogens (tertiary/aromatic N) is 1. The van der Waals surface area contributed by atoms with Crippen LogP contribution >= 0.6 is 23.2 Å². The number of hydrazone groups is 1. The monoisotopic (exact) mass is 500 g/mol. The van der Waals surface area contributed by atoms with Crippen molar-refractivity contribution >= 4 is 35.3 Å². The number of rotatable bonds is 8. The molecule has 0 fully saturated rings. The van der Waals surface area contributed by atoms with E-state index in [9.17, 15) is 4.79 Å². The zero-order valence-electron chi connectivity index (χ0n) is 20.1. The van der Waals surface area contributed by atoms with Gasteiger partial charge in [-0.1, -0.05) is 76.0 Å². The van der Waals surface area contributed by atoms with Crippen LogP contribution in [0, 0.1) is 5.41 Å². The molecule has 3 aromatic rings. The summed E-state index contributed by atoms with van der Waals surface area (Å²) in [6, 6.07) is 16.7. The molecule has 0 bridgehead atoms. The van der Waals surface area contributed by atoms with Gasteiger partial charge in [0.05, 0.1) is 16.3 Å². The van der Waals surface area contributed by atoms with Crippen molar-refractivity contribution in [3.05, 3.63) is 76.0 Å². The molecule has 2 aromatic carbocycles. The summed E-state index contributed by atoms with van der Waals surface area (Å²) in [4.78, 5) is 12.1. The van der Waals surface area contributed by atoms with E-state index in [1.165, 1.54) is 11.8 Å². The summed E-state index contributed by atoms with van der Waals surface area (Å²) >= 11 is 12.3. The van der Waals surface area contributed by atoms with Crippen LogP contribution in [-0.4, -0.2) is 18.7 Å². The molecule has 0 unspecified atom stereocenters. The normalized spacial score (nSPS) is 12.2. The van der Waals surface area contributed by atoms with Gasteiger partial charge in [-0.2, -0.15) is 5.10 Å². The summed E-state index contributed by atoms with van der Waals surface area (Å²) in [5, 5.41) is 4.78. The first kappa shape index (κ1) is 25.9. The molecule has 34 heavy (non-hydrogen) atoms. The van der Waals surface area contributed by atoms with Gasteiger partial charge in [0.2, 0.25) is 0 Å². The number of ether oxygens (including phenoxy) is 1. The third kappa shape index (κ3) is 7.12. The van der Waals surface area contributed by atoms with Crippen molar-refractivity contribution < 1.29 is 13.9 Å². The molecule has 0 atom stereocenters. The molecule has 1 heterocycles. The lowest BCUT2D eigenvalue weighted by molar-refractivity contribution is -0.123. The van der Waals surface area contributed by atoms with Crippen molar-refractivity contribution in [2.24, 2.45) is 10.5 Å². The van der Waals surface area contributed by atoms with Crippen molar-refractivity contribution in [3.63, 3.8) is 0 Å². The Morgan fingerprint density at radius 2 is 1.74 bits per heavy atom. The van der Waals surface area contributed by atoms with Crippen LogP contribution in [0.3, 0.4) is 0 Å². The molecular weight excluding hydrogens is 471 g/mol. The average molecular weight is 501 g/mol. The standard InChI is InChI=1S/C27H30Cl2N2O3/c1-26(2,3)17-27(4,5)18-9-11-19(12-10-18)33-16-24(32)31-30-15-20-13-14-23(34-20)21-7-6-8-22(28)25(21)29/h6-15H,16-17H2,1-5H3,(H,31,32)/b30-15+. The van der Waals surface area contributed by atoms with E-state index in [1.54, 1.807) is 24.3 Å². The van der Waals surface area contributed by atoms with Crippen LogP contribution in [-0.2, 0) is 10.2 Å². The third-order valence-electron chi connectivity index (χ3n) is 5.20. The van der Waals surface area contributed by atoms with E-state index in [1.807, 2.05) is 18.2 Å². The van der Waals surface area contributed by atoms with Gasteiger partial charge < -0.3 is 9.15 Å². The third-order valence-corrected chi connectivity index (χ3v) is 6.02. The number of hydrogen-bond donors (Lipinski definition) is 1. The summed E-state index contributed by atoms with van der Waals surface area (Å²) in [6.07, 6.45) is 2.47. The lowest BCUT2D eigenvalue weighted by Crippen LogP contribution is -2.25. The first-order chi connectivity index (χ1) is 15.9. The van der Waals surface area contributed by atoms with Gasteiger partial charge in [-0.15, -0.1) is 0 Å². The molecule has 5 nitrogen and oxygen atoms in total. The van der Waals surface area contributed by atoms with Gasteiger partial charge in [0, 0.05) is 5.56 Å². The highest BCUT2D eigenvalue weighted by Gasteiger charge is 2.27. The fourth-order valence-electron chi connectivity index (χ4n) is 4.04. The van der Waals surface area contributed by atoms with Crippen LogP contribution in [0.1, 0.15) is 52.4 Å². The first-order valence-corrected chi connectivity index (χ1v) is 11.8. The Kier molecular flexibility index (Phi) is 8.11. The van der Waals surface area contributed by atoms with Crippen LogP contribution in [0.15, 0.2) is 64.1 Å². The largest absolute Gasteiger partial charge is 0.484 e. The Labute approximate surface area is 211 Å². The Morgan fingerprint density at radius 3 is 2.41 bits per heavy atom. The summed E-state index contributed by atoms with van der Waals surface area (Å²) in [6.45, 7) is 11.1. The number of hydrogen-bond acceptors (Lipinski definition) is 4. The Morgan fingerprint density at radius 1 is 1.03 bits per heavy atom. The highest BCUT2D eigenvalue weighted by molar-refractivity contribution is 6.43. The summed E-state index contributed by atoms with van der Waals surface area (Å²) < 4.78 is 11.3. The molecule has 1 amide bonds. The lowest BCUT2D eigenvalue weighted by Gasteiger charge is -2.33. The smallest absolute Gasteiger partial charge is 0.277 e. The quantitative estimate of drug-likeness (QED) is 0.257. The number of furan rings is 1. The predicted molar refractivity (Wildman–Crippen MR) is 139 cm³/mol. The Balaban J connectivity index is 1.50. The second kappa shape index (κ2) is 10.7. The number of amides is 1. The van der Waals surface area contributed by atoms with E-state index in [4.69, 9.17) is 32.4 Å². The molecule has 1 N–H and O–H groups in total. The summed E-state index contributed by atoms with van der Waals surface area (Å²) in [5.74, 6) is 1.26. The number of nitrogens with one attached hydrogen (secondary N) is 1. The van der Waals surface area contributed by atoms with Gasteiger partial charge in [0.15, 0.2) is 6.61 Å². The maximum atomic E-state index is 12.1. The molecular formula is C27H30Cl2N2O3. The Bertz CT molecular complexity index is 1160. The number of halogens is 2. The number of carbonyl (C=O) groups excluding carboxylic acids is 1. The molecule has 0 aliphatic carbocycles. The Hall–Kier alpha value is -2.76. The van der Waals surface area contributed by atoms with E-state index < -0.39 is 0 Å². The van der Waals surface area contributed by atoms with Crippen LogP contribution in [0.5, 0.6) is 5.75 Å². The molecule has 180 valence electrons. The molecule has 0 saturated carbocycles. The van der Waals surface area contributed by atoms with E-state index in [0.717, 1.165) is 6.42 Å². The minimum absolute atomic E-state index is 0.0483. The summed E-state index contributed by atoms with van der Waals surface area (Å²) in [5.41, 5.74) is 4.63. The number of carbonyl (C=O) groups is 1. The molecule has 1 aromatic heterocycles. The fraction of sp³-hybridized carbons (Fsp3) is 0.333. The van der Waals surface area contributed by atoms with Crippen molar-refractivity contribution in [3.8, 4) is 17.1 Å². The van der Waals surface area contributed by atoms with Crippen LogP contribution < -0.4 is 10.2 Å². The predicted octanol–water partition coefficient (Wildman–Crippen LogP) is 7.50. The molecule has 7 heteroatoms. The molecule has 3 rings (SSSR count). The minimum atomic E-state index is -0.377. The molecule has 0 spiro atoms. The van der Waals surface area contributed by atoms with Gasteiger partial charge in [-0.3, -0.25) is 4.79 Å². The van der Waals surface area contributed by atoms with Crippen molar-refractivity contribution in [2.75, 3.05) is 6.61 Å². The molecule has 0 saturated heterocycles. The number of benzene rings is 2. The van der Waals surface area contributed by atoms with Gasteiger partial charge in [0.1, 0.15) is 17.3 Å². The zero-order chi connectivity index (χ0) is 24.9. The highest BCUT2D eigenvalue weighted by Crippen LogP contribution is 2.37. The van der Waals surface area contributed by atoms with Crippen molar-refractivity contribution in [1.82, 2.24) is 5.43 Å². The second-order valence-corrected chi connectivity index (χ2v) is 10.8. The van der Waals surface area contributed by atoms with E-state index in [2.05, 4.69) is 57.3 Å². The van der Waals surface area contributed by atoms with E-state index in [-0.39, 0.29) is 23.3 Å². The molecule has 0 aliphatic rings. The summed E-state index contributed by atoms with van der Waals surface area (Å²) in [7, 11) is 0. The van der Waals surface area contributed by atoms with Gasteiger partial charge in [-0.25, -0.2) is 5.43 Å². The van der Waals surface area contributed by atoms with E-state index >= 15 is 0 Å². The van der Waals surface area contributed by atoms with Gasteiger partial charge in [0.25, 0.3) is 5.91 Å². The van der Waals surface area contributed by atoms with Crippen LogP contribution in [0.4, 0.5) is 0 Å². The van der Waals surface area contributed by atoms with Gasteiger partial charge >= 0.3 is 0 Å². The maximum absolute atomic E-state index is 12.1. The SMILES string of the molecule is CC(C)(C)CC(C)(C)c1ccc(OCC(=O)N/N=C/c2ccc(-c3cccc(Cl)c3Cl)o2)cc1. The fourth-order valence-corrected chi connectivity index (χ4v) is 4.43. The van der Waals surface area contributed by atoms with Crippen molar-refractivity contribution in [1.29, 1.82) is 0 Å². The highest BCUT2D eigenvalue weighted by atomic mass is 35.5. The first-order valence-electron chi connectivity index (χ1n) is 11.0. The minimum Gasteiger partial charge on any atom is -0.484 e. The van der Waals surface area contributed by atoms with E-state index in [0.29, 0.717) is 32.9 Å².